The fraction of sp³-hybridized carbons (Fsp3) is 1.00. The highest BCUT2D eigenvalue weighted by Crippen LogP contribution is 2.36. The first-order valence-corrected chi connectivity index (χ1v) is 4.38. The molecule has 1 saturated carbocycles. The summed E-state index contributed by atoms with van der Waals surface area (Å²) in [6, 6.07) is 0. The summed E-state index contributed by atoms with van der Waals surface area (Å²) >= 11 is 0. The second kappa shape index (κ2) is 3.24. The molecule has 54 valence electrons. The Morgan fingerprint density at radius 1 is 1.22 bits per heavy atom. The van der Waals surface area contributed by atoms with Crippen LogP contribution in [0.4, 0.5) is 0 Å². The van der Waals surface area contributed by atoms with Gasteiger partial charge in [-0.05, 0) is 11.8 Å². The third-order valence-corrected chi connectivity index (χ3v) is 2.87. The van der Waals surface area contributed by atoms with E-state index in [1.807, 2.05) is 0 Å². The van der Waals surface area contributed by atoms with Crippen molar-refractivity contribution in [2.45, 2.75) is 46.0 Å². The van der Waals surface area contributed by atoms with Crippen molar-refractivity contribution in [1.29, 1.82) is 0 Å². The Hall–Kier alpha value is 0. The van der Waals surface area contributed by atoms with Crippen molar-refractivity contribution in [2.24, 2.45) is 11.8 Å². The summed E-state index contributed by atoms with van der Waals surface area (Å²) in [4.78, 5) is 0. The summed E-state index contributed by atoms with van der Waals surface area (Å²) in [5.74, 6) is 2.17. The van der Waals surface area contributed by atoms with E-state index in [1.54, 1.807) is 0 Å². The molecule has 0 spiro atoms. The molecule has 0 nitrogen and oxygen atoms in total. The van der Waals surface area contributed by atoms with Crippen molar-refractivity contribution in [2.75, 3.05) is 0 Å². The van der Waals surface area contributed by atoms with Crippen molar-refractivity contribution in [3.05, 3.63) is 0 Å². The predicted molar refractivity (Wildman–Crippen MR) is 41.4 cm³/mol. The monoisotopic (exact) mass is 126 g/mol. The Bertz CT molecular complexity index is 68.1. The Morgan fingerprint density at radius 2 is 1.78 bits per heavy atom. The molecule has 1 aliphatic carbocycles. The van der Waals surface area contributed by atoms with Crippen molar-refractivity contribution >= 4 is 0 Å². The van der Waals surface area contributed by atoms with Crippen LogP contribution in [0.15, 0.2) is 0 Å². The first-order chi connectivity index (χ1) is 4.38. The molecule has 0 heteroatoms. The van der Waals surface area contributed by atoms with Crippen LogP contribution in [0.3, 0.4) is 0 Å². The van der Waals surface area contributed by atoms with Crippen molar-refractivity contribution < 1.29 is 0 Å². The van der Waals surface area contributed by atoms with Gasteiger partial charge in [0.2, 0.25) is 0 Å². The Labute approximate surface area is 58.7 Å². The molecule has 0 N–H and O–H groups in total. The highest BCUT2D eigenvalue weighted by Gasteiger charge is 2.23. The maximum atomic E-state index is 2.33. The van der Waals surface area contributed by atoms with Crippen LogP contribution in [-0.4, -0.2) is 0 Å². The van der Waals surface area contributed by atoms with Crippen LogP contribution >= 0.6 is 0 Å². The molecule has 0 amide bonds. The van der Waals surface area contributed by atoms with Gasteiger partial charge in [0, 0.05) is 0 Å². The lowest BCUT2D eigenvalue weighted by molar-refractivity contribution is 0.195. The van der Waals surface area contributed by atoms with E-state index in [-0.39, 0.29) is 0 Å². The quantitative estimate of drug-likeness (QED) is 0.544. The van der Waals surface area contributed by atoms with Crippen LogP contribution in [0.5, 0.6) is 0 Å². The lowest BCUT2D eigenvalue weighted by atomic mass is 9.74. The summed E-state index contributed by atoms with van der Waals surface area (Å²) in [5, 5.41) is 0. The number of hydrogen-bond acceptors (Lipinski definition) is 0. The third-order valence-electron chi connectivity index (χ3n) is 2.87. The van der Waals surface area contributed by atoms with Crippen LogP contribution in [0, 0.1) is 11.8 Å². The molecule has 0 radical (unpaired) electrons. The molecule has 1 aliphatic rings. The highest BCUT2D eigenvalue weighted by molar-refractivity contribution is 4.75. The normalized spacial score (nSPS) is 20.3. The fourth-order valence-electron chi connectivity index (χ4n) is 1.87. The highest BCUT2D eigenvalue weighted by atomic mass is 14.3. The average molecular weight is 126 g/mol. The molecule has 0 unspecified atom stereocenters. The van der Waals surface area contributed by atoms with E-state index in [0.717, 1.165) is 11.8 Å². The van der Waals surface area contributed by atoms with Gasteiger partial charge in [0.25, 0.3) is 0 Å². The van der Waals surface area contributed by atoms with Gasteiger partial charge in [-0.15, -0.1) is 0 Å². The molecule has 1 fully saturated rings. The summed E-state index contributed by atoms with van der Waals surface area (Å²) in [6.07, 6.45) is 7.35. The lowest BCUT2D eigenvalue weighted by Crippen LogP contribution is -2.20. The standard InChI is InChI=1S/C9H18/c1-3-8(4-2)9-6-5-7-9/h8-9H,3-7H2,1-2H3. The van der Waals surface area contributed by atoms with Gasteiger partial charge in [-0.3, -0.25) is 0 Å². The van der Waals surface area contributed by atoms with Gasteiger partial charge in [-0.2, -0.15) is 0 Å². The number of hydrogen-bond donors (Lipinski definition) is 0. The zero-order chi connectivity index (χ0) is 6.69. The molecule has 0 aromatic rings. The molecule has 0 atom stereocenters. The molecule has 1 rings (SSSR count). The van der Waals surface area contributed by atoms with Crippen molar-refractivity contribution in [1.82, 2.24) is 0 Å². The lowest BCUT2D eigenvalue weighted by Gasteiger charge is -2.32. The van der Waals surface area contributed by atoms with Crippen LogP contribution in [0.2, 0.25) is 0 Å². The van der Waals surface area contributed by atoms with Crippen molar-refractivity contribution in [3.8, 4) is 0 Å². The predicted octanol–water partition coefficient (Wildman–Crippen LogP) is 3.22. The minimum absolute atomic E-state index is 1.05. The van der Waals surface area contributed by atoms with Gasteiger partial charge >= 0.3 is 0 Å². The van der Waals surface area contributed by atoms with Gasteiger partial charge in [-0.25, -0.2) is 0 Å². The van der Waals surface area contributed by atoms with E-state index in [9.17, 15) is 0 Å². The van der Waals surface area contributed by atoms with E-state index >= 15 is 0 Å². The van der Waals surface area contributed by atoms with Crippen molar-refractivity contribution in [3.63, 3.8) is 0 Å². The summed E-state index contributed by atoms with van der Waals surface area (Å²) in [5.41, 5.74) is 0. The smallest absolute Gasteiger partial charge is 0.0386 e. The molecule has 0 aliphatic heterocycles. The van der Waals surface area contributed by atoms with Crippen LogP contribution in [0.1, 0.15) is 46.0 Å². The van der Waals surface area contributed by atoms with Crippen LogP contribution in [0.25, 0.3) is 0 Å². The summed E-state index contributed by atoms with van der Waals surface area (Å²) < 4.78 is 0. The van der Waals surface area contributed by atoms with Gasteiger partial charge in [0.05, 0.1) is 0 Å². The molecular weight excluding hydrogens is 108 g/mol. The summed E-state index contributed by atoms with van der Waals surface area (Å²) in [6.45, 7) is 4.65. The van der Waals surface area contributed by atoms with E-state index in [4.69, 9.17) is 0 Å². The first kappa shape index (κ1) is 7.11. The van der Waals surface area contributed by atoms with Gasteiger partial charge in [0.1, 0.15) is 0 Å². The molecule has 0 heterocycles. The Kier molecular flexibility index (Phi) is 2.56. The maximum absolute atomic E-state index is 2.33. The second-order valence-electron chi connectivity index (χ2n) is 3.27. The molecule has 0 aromatic heterocycles. The minimum atomic E-state index is 1.05. The first-order valence-electron chi connectivity index (χ1n) is 4.38. The van der Waals surface area contributed by atoms with Gasteiger partial charge < -0.3 is 0 Å². The molecule has 9 heavy (non-hydrogen) atoms. The zero-order valence-corrected chi connectivity index (χ0v) is 6.69. The fourth-order valence-corrected chi connectivity index (χ4v) is 1.87. The maximum Gasteiger partial charge on any atom is -0.0386 e. The van der Waals surface area contributed by atoms with E-state index in [0.29, 0.717) is 0 Å². The van der Waals surface area contributed by atoms with Crippen LogP contribution < -0.4 is 0 Å². The van der Waals surface area contributed by atoms with E-state index in [1.165, 1.54) is 32.1 Å². The summed E-state index contributed by atoms with van der Waals surface area (Å²) in [7, 11) is 0. The van der Waals surface area contributed by atoms with E-state index in [2.05, 4.69) is 13.8 Å². The SMILES string of the molecule is CCC(CC)C1CCC1. The Morgan fingerprint density at radius 3 is 1.89 bits per heavy atom. The number of rotatable bonds is 3. The molecule has 0 saturated heterocycles. The topological polar surface area (TPSA) is 0 Å². The van der Waals surface area contributed by atoms with Crippen LogP contribution in [-0.2, 0) is 0 Å². The van der Waals surface area contributed by atoms with Gasteiger partial charge in [-0.1, -0.05) is 46.0 Å². The zero-order valence-electron chi connectivity index (χ0n) is 6.69. The molecule has 0 aromatic carbocycles. The van der Waals surface area contributed by atoms with Gasteiger partial charge in [0.15, 0.2) is 0 Å². The minimum Gasteiger partial charge on any atom is -0.0651 e. The van der Waals surface area contributed by atoms with E-state index < -0.39 is 0 Å². The average Bonchev–Trinajstić information content (AvgIpc) is 1.78. The third kappa shape index (κ3) is 1.47. The Balaban J connectivity index is 2.19. The largest absolute Gasteiger partial charge is 0.0651 e. The molecular formula is C9H18. The molecule has 0 bridgehead atoms. The second-order valence-corrected chi connectivity index (χ2v) is 3.27.